The molecule has 1 atom stereocenters. The third kappa shape index (κ3) is 5.56. The molecular formula is C19H25NS. The van der Waals surface area contributed by atoms with Crippen molar-refractivity contribution >= 4 is 11.8 Å². The van der Waals surface area contributed by atoms with Gasteiger partial charge in [0.15, 0.2) is 0 Å². The molecule has 0 spiro atoms. The average molecular weight is 299 g/mol. The van der Waals surface area contributed by atoms with Gasteiger partial charge in [-0.15, -0.1) is 0 Å². The van der Waals surface area contributed by atoms with E-state index in [-0.39, 0.29) is 6.04 Å². The first-order valence-electron chi connectivity index (χ1n) is 7.61. The van der Waals surface area contributed by atoms with Gasteiger partial charge >= 0.3 is 0 Å². The summed E-state index contributed by atoms with van der Waals surface area (Å²) in [5.41, 5.74) is 10.3. The van der Waals surface area contributed by atoms with E-state index in [1.807, 2.05) is 11.8 Å². The second kappa shape index (κ2) is 8.26. The predicted molar refractivity (Wildman–Crippen MR) is 94.5 cm³/mol. The summed E-state index contributed by atoms with van der Waals surface area (Å²) in [4.78, 5) is 0. The van der Waals surface area contributed by atoms with Crippen molar-refractivity contribution in [1.82, 2.24) is 0 Å². The summed E-state index contributed by atoms with van der Waals surface area (Å²) in [5.74, 6) is 2.68. The second-order valence-corrected chi connectivity index (χ2v) is 6.98. The summed E-state index contributed by atoms with van der Waals surface area (Å²) < 4.78 is 0. The van der Waals surface area contributed by atoms with E-state index in [4.69, 9.17) is 5.73 Å². The fraction of sp³-hybridized carbons (Fsp3) is 0.368. The van der Waals surface area contributed by atoms with E-state index in [0.717, 1.165) is 17.9 Å². The molecule has 0 aliphatic carbocycles. The Balaban J connectivity index is 1.81. The molecule has 2 aromatic carbocycles. The van der Waals surface area contributed by atoms with Crippen LogP contribution in [-0.2, 0) is 12.2 Å². The summed E-state index contributed by atoms with van der Waals surface area (Å²) in [7, 11) is 0. The van der Waals surface area contributed by atoms with Crippen molar-refractivity contribution in [1.29, 1.82) is 0 Å². The van der Waals surface area contributed by atoms with Gasteiger partial charge in [-0.25, -0.2) is 0 Å². The van der Waals surface area contributed by atoms with E-state index < -0.39 is 0 Å². The van der Waals surface area contributed by atoms with Crippen LogP contribution in [0.2, 0.25) is 0 Å². The van der Waals surface area contributed by atoms with E-state index in [1.165, 1.54) is 16.7 Å². The molecule has 21 heavy (non-hydrogen) atoms. The fourth-order valence-electron chi connectivity index (χ4n) is 2.35. The summed E-state index contributed by atoms with van der Waals surface area (Å²) >= 11 is 1.90. The topological polar surface area (TPSA) is 26.0 Å². The quantitative estimate of drug-likeness (QED) is 0.793. The van der Waals surface area contributed by atoms with Crippen LogP contribution < -0.4 is 5.73 Å². The highest BCUT2D eigenvalue weighted by molar-refractivity contribution is 7.98. The average Bonchev–Trinajstić information content (AvgIpc) is 2.48. The first kappa shape index (κ1) is 16.1. The van der Waals surface area contributed by atoms with E-state index in [9.17, 15) is 0 Å². The maximum atomic E-state index is 6.29. The van der Waals surface area contributed by atoms with Crippen LogP contribution in [0.5, 0.6) is 0 Å². The van der Waals surface area contributed by atoms with Crippen LogP contribution in [-0.4, -0.2) is 5.75 Å². The molecule has 2 heteroatoms. The van der Waals surface area contributed by atoms with Crippen molar-refractivity contribution in [2.24, 2.45) is 11.7 Å². The molecule has 0 radical (unpaired) electrons. The van der Waals surface area contributed by atoms with Gasteiger partial charge in [0.1, 0.15) is 0 Å². The maximum absolute atomic E-state index is 6.29. The van der Waals surface area contributed by atoms with Gasteiger partial charge in [0.25, 0.3) is 0 Å². The van der Waals surface area contributed by atoms with Crippen LogP contribution in [0.3, 0.4) is 0 Å². The lowest BCUT2D eigenvalue weighted by atomic mass is 10.0. The van der Waals surface area contributed by atoms with E-state index in [2.05, 4.69) is 68.4 Å². The highest BCUT2D eigenvalue weighted by atomic mass is 32.2. The molecule has 0 amide bonds. The van der Waals surface area contributed by atoms with E-state index >= 15 is 0 Å². The van der Waals surface area contributed by atoms with Crippen LogP contribution in [0.25, 0.3) is 0 Å². The third-order valence-corrected chi connectivity index (χ3v) is 4.59. The summed E-state index contributed by atoms with van der Waals surface area (Å²) in [6, 6.07) is 19.5. The minimum absolute atomic E-state index is 0.117. The molecule has 2 N–H and O–H groups in total. The Bertz CT molecular complexity index is 519. The Morgan fingerprint density at radius 2 is 1.57 bits per heavy atom. The molecule has 0 saturated carbocycles. The zero-order valence-electron chi connectivity index (χ0n) is 13.0. The van der Waals surface area contributed by atoms with Gasteiger partial charge in [-0.05, 0) is 29.0 Å². The summed E-state index contributed by atoms with van der Waals surface area (Å²) in [6.07, 6.45) is 1.14. The summed E-state index contributed by atoms with van der Waals surface area (Å²) in [5, 5.41) is 0. The molecule has 2 aromatic rings. The number of thioether (sulfide) groups is 1. The van der Waals surface area contributed by atoms with E-state index in [0.29, 0.717) is 5.92 Å². The molecular weight excluding hydrogens is 274 g/mol. The van der Waals surface area contributed by atoms with Gasteiger partial charge in [-0.3, -0.25) is 0 Å². The van der Waals surface area contributed by atoms with Crippen LogP contribution >= 0.6 is 11.8 Å². The lowest BCUT2D eigenvalue weighted by Gasteiger charge is -2.13. The Morgan fingerprint density at radius 1 is 0.905 bits per heavy atom. The molecule has 1 unspecified atom stereocenters. The van der Waals surface area contributed by atoms with Crippen molar-refractivity contribution in [3.05, 3.63) is 71.3 Å². The Labute approximate surface area is 133 Å². The van der Waals surface area contributed by atoms with Gasteiger partial charge in [-0.2, -0.15) is 11.8 Å². The predicted octanol–water partition coefficient (Wildman–Crippen LogP) is 4.82. The number of nitrogens with two attached hydrogens (primary N) is 1. The van der Waals surface area contributed by atoms with Crippen LogP contribution in [0.4, 0.5) is 0 Å². The zero-order valence-corrected chi connectivity index (χ0v) is 13.8. The highest BCUT2D eigenvalue weighted by Gasteiger charge is 2.07. The SMILES string of the molecule is CC(C)Cc1ccc(C(N)CSCc2ccccc2)cc1. The van der Waals surface area contributed by atoms with Crippen molar-refractivity contribution in [3.63, 3.8) is 0 Å². The molecule has 0 aliphatic rings. The van der Waals surface area contributed by atoms with Crippen molar-refractivity contribution in [2.45, 2.75) is 32.1 Å². The van der Waals surface area contributed by atoms with Crippen LogP contribution in [0.1, 0.15) is 36.6 Å². The smallest absolute Gasteiger partial charge is 0.0386 e. The zero-order chi connectivity index (χ0) is 15.1. The molecule has 112 valence electrons. The van der Waals surface area contributed by atoms with Gasteiger partial charge in [0.05, 0.1) is 0 Å². The molecule has 2 rings (SSSR count). The summed E-state index contributed by atoms with van der Waals surface area (Å²) in [6.45, 7) is 4.50. The number of rotatable bonds is 7. The van der Waals surface area contributed by atoms with Gasteiger partial charge in [0.2, 0.25) is 0 Å². The maximum Gasteiger partial charge on any atom is 0.0386 e. The first-order chi connectivity index (χ1) is 10.1. The van der Waals surface area contributed by atoms with Gasteiger partial charge < -0.3 is 5.73 Å². The van der Waals surface area contributed by atoms with Gasteiger partial charge in [0, 0.05) is 17.5 Å². The van der Waals surface area contributed by atoms with E-state index in [1.54, 1.807) is 0 Å². The molecule has 1 nitrogen and oxygen atoms in total. The molecule has 0 aromatic heterocycles. The first-order valence-corrected chi connectivity index (χ1v) is 8.76. The standard InChI is InChI=1S/C19H25NS/c1-15(2)12-16-8-10-18(11-9-16)19(20)14-21-13-17-6-4-3-5-7-17/h3-11,15,19H,12-14,20H2,1-2H3. The van der Waals surface area contributed by atoms with Crippen molar-refractivity contribution < 1.29 is 0 Å². The minimum Gasteiger partial charge on any atom is -0.323 e. The molecule has 0 fully saturated rings. The minimum atomic E-state index is 0.117. The highest BCUT2D eigenvalue weighted by Crippen LogP contribution is 2.20. The Morgan fingerprint density at radius 3 is 2.19 bits per heavy atom. The number of hydrogen-bond acceptors (Lipinski definition) is 2. The Hall–Kier alpha value is -1.25. The number of hydrogen-bond donors (Lipinski definition) is 1. The molecule has 0 aliphatic heterocycles. The Kier molecular flexibility index (Phi) is 6.34. The lowest BCUT2D eigenvalue weighted by Crippen LogP contribution is -2.13. The van der Waals surface area contributed by atoms with Crippen molar-refractivity contribution in [3.8, 4) is 0 Å². The van der Waals surface area contributed by atoms with Gasteiger partial charge in [-0.1, -0.05) is 68.4 Å². The number of benzene rings is 2. The lowest BCUT2D eigenvalue weighted by molar-refractivity contribution is 0.647. The molecule has 0 bridgehead atoms. The fourth-order valence-corrected chi connectivity index (χ4v) is 3.34. The van der Waals surface area contributed by atoms with Crippen molar-refractivity contribution in [2.75, 3.05) is 5.75 Å². The van der Waals surface area contributed by atoms with Crippen LogP contribution in [0.15, 0.2) is 54.6 Å². The monoisotopic (exact) mass is 299 g/mol. The third-order valence-electron chi connectivity index (χ3n) is 3.46. The largest absolute Gasteiger partial charge is 0.323 e. The molecule has 0 saturated heterocycles. The van der Waals surface area contributed by atoms with Crippen LogP contribution in [0, 0.1) is 5.92 Å². The normalized spacial score (nSPS) is 12.6. The molecule has 0 heterocycles. The second-order valence-electron chi connectivity index (χ2n) is 5.95.